The highest BCUT2D eigenvalue weighted by Gasteiger charge is 2.19. The molecule has 7 heteroatoms. The molecule has 33 heavy (non-hydrogen) atoms. The average Bonchev–Trinajstić information content (AvgIpc) is 3.31. The van der Waals surface area contributed by atoms with Crippen LogP contribution in [0.4, 0.5) is 0 Å². The third-order valence-corrected chi connectivity index (χ3v) is 6.00. The van der Waals surface area contributed by atoms with Gasteiger partial charge < -0.3 is 15.0 Å². The molecule has 0 spiro atoms. The number of aromatic nitrogens is 3. The largest absolute Gasteiger partial charge is 0.383 e. The minimum Gasteiger partial charge on any atom is -0.383 e. The Bertz CT molecular complexity index is 1040. The van der Waals surface area contributed by atoms with E-state index < -0.39 is 0 Å². The van der Waals surface area contributed by atoms with Crippen molar-refractivity contribution in [3.63, 3.8) is 0 Å². The lowest BCUT2D eigenvalue weighted by Crippen LogP contribution is -2.39. The molecule has 3 aromatic rings. The Morgan fingerprint density at radius 3 is 2.73 bits per heavy atom. The molecule has 1 N–H and O–H groups in total. The fourth-order valence-corrected chi connectivity index (χ4v) is 4.05. The van der Waals surface area contributed by atoms with Gasteiger partial charge in [-0.1, -0.05) is 18.2 Å². The maximum atomic E-state index is 12.5. The minimum absolute atomic E-state index is 0.0820. The van der Waals surface area contributed by atoms with E-state index in [-0.39, 0.29) is 5.91 Å². The quantitative estimate of drug-likeness (QED) is 0.511. The first-order chi connectivity index (χ1) is 16.2. The van der Waals surface area contributed by atoms with Crippen molar-refractivity contribution in [2.75, 3.05) is 39.9 Å². The second-order valence-corrected chi connectivity index (χ2v) is 8.31. The third kappa shape index (κ3) is 6.37. The van der Waals surface area contributed by atoms with Crippen molar-refractivity contribution in [1.82, 2.24) is 25.0 Å². The highest BCUT2D eigenvalue weighted by atomic mass is 16.5. The van der Waals surface area contributed by atoms with Crippen molar-refractivity contribution < 1.29 is 9.53 Å². The summed E-state index contributed by atoms with van der Waals surface area (Å²) in [5, 5.41) is 7.83. The van der Waals surface area contributed by atoms with Crippen LogP contribution in [0.15, 0.2) is 67.1 Å². The number of piperidine rings is 1. The van der Waals surface area contributed by atoms with Crippen LogP contribution in [0, 0.1) is 5.92 Å². The van der Waals surface area contributed by atoms with E-state index >= 15 is 0 Å². The van der Waals surface area contributed by atoms with Crippen LogP contribution in [0.2, 0.25) is 0 Å². The lowest BCUT2D eigenvalue weighted by atomic mass is 9.97. The summed E-state index contributed by atoms with van der Waals surface area (Å²) in [5.41, 5.74) is 3.53. The van der Waals surface area contributed by atoms with E-state index in [0.29, 0.717) is 12.5 Å². The van der Waals surface area contributed by atoms with Crippen LogP contribution in [0.5, 0.6) is 0 Å². The van der Waals surface area contributed by atoms with Gasteiger partial charge in [-0.3, -0.25) is 9.78 Å². The van der Waals surface area contributed by atoms with Gasteiger partial charge in [-0.2, -0.15) is 5.10 Å². The Hall–Kier alpha value is -3.29. The number of hydrogen-bond acceptors (Lipinski definition) is 5. The number of para-hydroxylation sites is 1. The lowest BCUT2D eigenvalue weighted by Gasteiger charge is -2.31. The molecule has 0 atom stereocenters. The predicted octanol–water partition coefficient (Wildman–Crippen LogP) is 3.42. The van der Waals surface area contributed by atoms with Gasteiger partial charge >= 0.3 is 0 Å². The molecule has 1 saturated heterocycles. The Labute approximate surface area is 195 Å². The number of carbonyl (C=O) groups excluding carboxylic acids is 1. The summed E-state index contributed by atoms with van der Waals surface area (Å²) in [6, 6.07) is 13.8. The normalized spacial score (nSPS) is 15.2. The maximum absolute atomic E-state index is 12.5. The first kappa shape index (κ1) is 22.9. The van der Waals surface area contributed by atoms with Gasteiger partial charge in [-0.15, -0.1) is 0 Å². The Balaban J connectivity index is 1.39. The summed E-state index contributed by atoms with van der Waals surface area (Å²) in [7, 11) is 1.74. The molecule has 3 heterocycles. The predicted molar refractivity (Wildman–Crippen MR) is 130 cm³/mol. The molecular formula is C26H31N5O2. The van der Waals surface area contributed by atoms with Crippen molar-refractivity contribution in [2.24, 2.45) is 5.92 Å². The SMILES string of the molecule is COCCN1CCC(CNC(=O)/C=C/c2cn(-c3ccccc3)nc2-c2cccnc2)CC1. The third-order valence-electron chi connectivity index (χ3n) is 6.00. The monoisotopic (exact) mass is 445 g/mol. The zero-order valence-corrected chi connectivity index (χ0v) is 19.1. The number of pyridine rings is 1. The molecule has 4 rings (SSSR count). The molecule has 0 bridgehead atoms. The number of nitrogens with zero attached hydrogens (tertiary/aromatic N) is 4. The van der Waals surface area contributed by atoms with Crippen molar-refractivity contribution in [1.29, 1.82) is 0 Å². The first-order valence-electron chi connectivity index (χ1n) is 11.5. The van der Waals surface area contributed by atoms with Gasteiger partial charge in [-0.25, -0.2) is 4.68 Å². The van der Waals surface area contributed by atoms with Crippen molar-refractivity contribution in [2.45, 2.75) is 12.8 Å². The van der Waals surface area contributed by atoms with Gasteiger partial charge in [0.1, 0.15) is 5.69 Å². The van der Waals surface area contributed by atoms with E-state index in [1.165, 1.54) is 0 Å². The highest BCUT2D eigenvalue weighted by Crippen LogP contribution is 2.24. The number of hydrogen-bond donors (Lipinski definition) is 1. The fourth-order valence-electron chi connectivity index (χ4n) is 4.05. The number of methoxy groups -OCH3 is 1. The van der Waals surface area contributed by atoms with Crippen molar-refractivity contribution in [3.05, 3.63) is 72.7 Å². The topological polar surface area (TPSA) is 72.3 Å². The van der Waals surface area contributed by atoms with Crippen molar-refractivity contribution >= 4 is 12.0 Å². The van der Waals surface area contributed by atoms with E-state index in [1.807, 2.05) is 59.4 Å². The molecule has 7 nitrogen and oxygen atoms in total. The van der Waals surface area contributed by atoms with E-state index in [2.05, 4.69) is 15.2 Å². The van der Waals surface area contributed by atoms with E-state index in [1.54, 1.807) is 25.6 Å². The van der Waals surface area contributed by atoms with Gasteiger partial charge in [0, 0.05) is 56.0 Å². The molecule has 2 aromatic heterocycles. The molecular weight excluding hydrogens is 414 g/mol. The highest BCUT2D eigenvalue weighted by molar-refractivity contribution is 5.92. The summed E-state index contributed by atoms with van der Waals surface area (Å²) < 4.78 is 6.99. The number of benzene rings is 1. The first-order valence-corrected chi connectivity index (χ1v) is 11.5. The Morgan fingerprint density at radius 2 is 2.00 bits per heavy atom. The van der Waals surface area contributed by atoms with Crippen LogP contribution in [-0.4, -0.2) is 65.5 Å². The lowest BCUT2D eigenvalue weighted by molar-refractivity contribution is -0.116. The van der Waals surface area contributed by atoms with E-state index in [4.69, 9.17) is 9.84 Å². The van der Waals surface area contributed by atoms with Crippen LogP contribution < -0.4 is 5.32 Å². The van der Waals surface area contributed by atoms with Gasteiger partial charge in [0.25, 0.3) is 0 Å². The molecule has 1 aromatic carbocycles. The Morgan fingerprint density at radius 1 is 1.18 bits per heavy atom. The van der Waals surface area contributed by atoms with Crippen LogP contribution >= 0.6 is 0 Å². The van der Waals surface area contributed by atoms with Gasteiger partial charge in [0.05, 0.1) is 12.3 Å². The summed E-state index contributed by atoms with van der Waals surface area (Å²) in [4.78, 5) is 19.2. The minimum atomic E-state index is -0.0820. The molecule has 172 valence electrons. The second-order valence-electron chi connectivity index (χ2n) is 8.31. The van der Waals surface area contributed by atoms with Gasteiger partial charge in [0.15, 0.2) is 0 Å². The summed E-state index contributed by atoms with van der Waals surface area (Å²) in [6.45, 7) is 4.59. The van der Waals surface area contributed by atoms with Crippen LogP contribution in [0.25, 0.3) is 23.0 Å². The van der Waals surface area contributed by atoms with Crippen molar-refractivity contribution in [3.8, 4) is 16.9 Å². The smallest absolute Gasteiger partial charge is 0.244 e. The molecule has 1 aliphatic heterocycles. The molecule has 1 aliphatic rings. The Kier molecular flexibility index (Phi) is 8.00. The van der Waals surface area contributed by atoms with Crippen LogP contribution in [-0.2, 0) is 9.53 Å². The molecule has 0 aliphatic carbocycles. The average molecular weight is 446 g/mol. The maximum Gasteiger partial charge on any atom is 0.244 e. The van der Waals surface area contributed by atoms with E-state index in [9.17, 15) is 4.79 Å². The van der Waals surface area contributed by atoms with Gasteiger partial charge in [0.2, 0.25) is 5.91 Å². The van der Waals surface area contributed by atoms with Crippen LogP contribution in [0.1, 0.15) is 18.4 Å². The molecule has 0 unspecified atom stereocenters. The number of likely N-dealkylation sites (tertiary alicyclic amines) is 1. The standard InChI is InChI=1S/C26H31N5O2/c1-33-17-16-30-14-11-21(12-15-30)18-28-25(32)10-9-23-20-31(24-7-3-2-4-8-24)29-26(23)22-6-5-13-27-19-22/h2-10,13,19-21H,11-12,14-18H2,1H3,(H,28,32)/b10-9+. The summed E-state index contributed by atoms with van der Waals surface area (Å²) in [5.74, 6) is 0.439. The van der Waals surface area contributed by atoms with Crippen LogP contribution in [0.3, 0.4) is 0 Å². The fraction of sp³-hybridized carbons (Fsp3) is 0.346. The molecule has 1 fully saturated rings. The number of nitrogens with one attached hydrogen (secondary N) is 1. The zero-order chi connectivity index (χ0) is 22.9. The molecule has 0 saturated carbocycles. The molecule has 1 amide bonds. The number of ether oxygens (including phenoxy) is 1. The number of carbonyl (C=O) groups is 1. The summed E-state index contributed by atoms with van der Waals surface area (Å²) >= 11 is 0. The second kappa shape index (κ2) is 11.5. The van der Waals surface area contributed by atoms with E-state index in [0.717, 1.165) is 61.6 Å². The summed E-state index contributed by atoms with van der Waals surface area (Å²) in [6.07, 6.45) is 11.1. The van der Waals surface area contributed by atoms with Gasteiger partial charge in [-0.05, 0) is 62.2 Å². The number of amides is 1. The zero-order valence-electron chi connectivity index (χ0n) is 19.1. The molecule has 0 radical (unpaired) electrons. The number of rotatable bonds is 9.